The highest BCUT2D eigenvalue weighted by Crippen LogP contribution is 2.34. The molecule has 1 aliphatic heterocycles. The van der Waals surface area contributed by atoms with Gasteiger partial charge in [0.2, 0.25) is 0 Å². The van der Waals surface area contributed by atoms with Crippen LogP contribution >= 0.6 is 11.3 Å². The summed E-state index contributed by atoms with van der Waals surface area (Å²) in [4.78, 5) is 36.6. The molecule has 8 heteroatoms. The van der Waals surface area contributed by atoms with Crippen molar-refractivity contribution in [2.45, 2.75) is 20.1 Å². The van der Waals surface area contributed by atoms with Gasteiger partial charge in [-0.25, -0.2) is 4.98 Å². The van der Waals surface area contributed by atoms with Crippen molar-refractivity contribution in [3.63, 3.8) is 0 Å². The molecule has 5 rings (SSSR count). The lowest BCUT2D eigenvalue weighted by Gasteiger charge is -2.28. The first-order valence-electron chi connectivity index (χ1n) is 11.3. The number of aromatic nitrogens is 2. The van der Waals surface area contributed by atoms with Crippen molar-refractivity contribution in [2.24, 2.45) is 0 Å². The Morgan fingerprint density at radius 1 is 0.944 bits per heavy atom. The van der Waals surface area contributed by atoms with Gasteiger partial charge >= 0.3 is 0 Å². The minimum absolute atomic E-state index is 0.0936. The van der Waals surface area contributed by atoms with E-state index in [1.807, 2.05) is 36.6 Å². The van der Waals surface area contributed by atoms with Crippen molar-refractivity contribution in [1.82, 2.24) is 14.9 Å². The second-order valence-corrected chi connectivity index (χ2v) is 9.24. The summed E-state index contributed by atoms with van der Waals surface area (Å²) >= 11 is 1.57. The Balaban J connectivity index is 1.47. The normalized spacial score (nSPS) is 14.2. The quantitative estimate of drug-likeness (QED) is 0.259. The second kappa shape index (κ2) is 10.1. The van der Waals surface area contributed by atoms with Gasteiger partial charge < -0.3 is 9.47 Å². The fourth-order valence-electron chi connectivity index (χ4n) is 4.03. The van der Waals surface area contributed by atoms with Crippen LogP contribution in [-0.4, -0.2) is 33.8 Å². The van der Waals surface area contributed by atoms with Crippen molar-refractivity contribution in [3.8, 4) is 11.5 Å². The summed E-state index contributed by atoms with van der Waals surface area (Å²) in [5.74, 6) is 0.404. The molecule has 7 nitrogen and oxygen atoms in total. The van der Waals surface area contributed by atoms with Gasteiger partial charge in [-0.2, -0.15) is 0 Å². The standard InChI is InChI=1S/C28H23N3O4S/c1-18-30-21(17-36-18)16-35-25-11-10-19(14-26(25)34-2)13-24-22-8-3-4-9-23(22)27(32)31(28(24)33)15-20-7-5-6-12-29-20/h3-14,17H,15-16H2,1-2H3/b24-13+. The van der Waals surface area contributed by atoms with E-state index in [1.165, 1.54) is 4.90 Å². The van der Waals surface area contributed by atoms with Gasteiger partial charge in [-0.05, 0) is 54.5 Å². The number of thiazole rings is 1. The molecule has 2 aromatic heterocycles. The number of pyridine rings is 1. The number of carbonyl (C=O) groups excluding carboxylic acids is 2. The average Bonchev–Trinajstić information content (AvgIpc) is 3.33. The van der Waals surface area contributed by atoms with Crippen LogP contribution in [0.4, 0.5) is 0 Å². The average molecular weight is 498 g/mol. The lowest BCUT2D eigenvalue weighted by atomic mass is 9.92. The summed E-state index contributed by atoms with van der Waals surface area (Å²) in [6.45, 7) is 2.38. The first-order valence-corrected chi connectivity index (χ1v) is 12.2. The molecule has 2 aromatic carbocycles. The third-order valence-electron chi connectivity index (χ3n) is 5.76. The van der Waals surface area contributed by atoms with Gasteiger partial charge in [0, 0.05) is 22.7 Å². The molecule has 0 unspecified atom stereocenters. The van der Waals surface area contributed by atoms with Crippen LogP contribution in [0.25, 0.3) is 11.6 Å². The number of ether oxygens (including phenoxy) is 2. The molecule has 180 valence electrons. The van der Waals surface area contributed by atoms with Crippen LogP contribution in [0.1, 0.15) is 37.9 Å². The van der Waals surface area contributed by atoms with E-state index in [-0.39, 0.29) is 18.4 Å². The molecular weight excluding hydrogens is 474 g/mol. The van der Waals surface area contributed by atoms with E-state index in [9.17, 15) is 9.59 Å². The minimum atomic E-state index is -0.373. The van der Waals surface area contributed by atoms with Gasteiger partial charge in [-0.3, -0.25) is 19.5 Å². The molecule has 0 fully saturated rings. The predicted molar refractivity (Wildman–Crippen MR) is 138 cm³/mol. The molecule has 36 heavy (non-hydrogen) atoms. The summed E-state index contributed by atoms with van der Waals surface area (Å²) in [7, 11) is 1.57. The van der Waals surface area contributed by atoms with Crippen LogP contribution in [0.15, 0.2) is 72.2 Å². The molecule has 0 aliphatic carbocycles. The largest absolute Gasteiger partial charge is 0.493 e. The van der Waals surface area contributed by atoms with E-state index in [4.69, 9.17) is 9.47 Å². The molecule has 4 aromatic rings. The summed E-state index contributed by atoms with van der Waals surface area (Å²) in [5.41, 5.74) is 3.74. The van der Waals surface area contributed by atoms with E-state index in [0.717, 1.165) is 16.3 Å². The molecule has 2 amide bonds. The molecular formula is C28H23N3O4S. The van der Waals surface area contributed by atoms with E-state index < -0.39 is 0 Å². The molecule has 1 aliphatic rings. The lowest BCUT2D eigenvalue weighted by Crippen LogP contribution is -2.41. The van der Waals surface area contributed by atoms with Gasteiger partial charge in [-0.15, -0.1) is 11.3 Å². The summed E-state index contributed by atoms with van der Waals surface area (Å²) in [5, 5.41) is 2.95. The van der Waals surface area contributed by atoms with Crippen LogP contribution in [0.5, 0.6) is 11.5 Å². The molecule has 0 spiro atoms. The van der Waals surface area contributed by atoms with Gasteiger partial charge in [0.25, 0.3) is 11.8 Å². The van der Waals surface area contributed by atoms with Crippen LogP contribution in [0.3, 0.4) is 0 Å². The number of benzene rings is 2. The molecule has 0 saturated heterocycles. The van der Waals surface area contributed by atoms with Crippen LogP contribution < -0.4 is 9.47 Å². The highest BCUT2D eigenvalue weighted by molar-refractivity contribution is 7.09. The Labute approximate surface area is 212 Å². The number of imide groups is 1. The van der Waals surface area contributed by atoms with E-state index in [2.05, 4.69) is 9.97 Å². The van der Waals surface area contributed by atoms with E-state index in [0.29, 0.717) is 40.5 Å². The third-order valence-corrected chi connectivity index (χ3v) is 6.58. The molecule has 0 radical (unpaired) electrons. The van der Waals surface area contributed by atoms with Crippen molar-refractivity contribution < 1.29 is 19.1 Å². The SMILES string of the molecule is COc1cc(/C=C2/C(=O)N(Cc3ccccn3)C(=O)c3ccccc32)ccc1OCc1csc(C)n1. The topological polar surface area (TPSA) is 81.6 Å². The van der Waals surface area contributed by atoms with Crippen molar-refractivity contribution in [1.29, 1.82) is 0 Å². The maximum Gasteiger partial charge on any atom is 0.261 e. The zero-order chi connectivity index (χ0) is 25.1. The van der Waals surface area contributed by atoms with Crippen LogP contribution in [0, 0.1) is 6.92 Å². The lowest BCUT2D eigenvalue weighted by molar-refractivity contribution is -0.123. The van der Waals surface area contributed by atoms with E-state index in [1.54, 1.807) is 67.1 Å². The highest BCUT2D eigenvalue weighted by Gasteiger charge is 2.34. The summed E-state index contributed by atoms with van der Waals surface area (Å²) in [6.07, 6.45) is 3.42. The fraction of sp³-hybridized carbons (Fsp3) is 0.143. The smallest absolute Gasteiger partial charge is 0.261 e. The van der Waals surface area contributed by atoms with Crippen molar-refractivity contribution in [3.05, 3.63) is 105 Å². The number of hydrogen-bond acceptors (Lipinski definition) is 7. The number of nitrogens with zero attached hydrogens (tertiary/aromatic N) is 3. The van der Waals surface area contributed by atoms with Crippen molar-refractivity contribution >= 4 is 34.8 Å². The highest BCUT2D eigenvalue weighted by atomic mass is 32.1. The number of aryl methyl sites for hydroxylation is 1. The minimum Gasteiger partial charge on any atom is -0.493 e. The number of methoxy groups -OCH3 is 1. The van der Waals surface area contributed by atoms with E-state index >= 15 is 0 Å². The van der Waals surface area contributed by atoms with Gasteiger partial charge in [0.15, 0.2) is 11.5 Å². The number of fused-ring (bicyclic) bond motifs is 1. The third kappa shape index (κ3) is 4.76. The Kier molecular flexibility index (Phi) is 6.60. The van der Waals surface area contributed by atoms with Gasteiger partial charge in [-0.1, -0.05) is 30.3 Å². The Morgan fingerprint density at radius 2 is 1.75 bits per heavy atom. The summed E-state index contributed by atoms with van der Waals surface area (Å²) in [6, 6.07) is 18.0. The Bertz CT molecular complexity index is 1460. The number of carbonyl (C=O) groups is 2. The molecule has 3 heterocycles. The first-order chi connectivity index (χ1) is 17.5. The Hall–Kier alpha value is -4.30. The van der Waals surface area contributed by atoms with Crippen LogP contribution in [0.2, 0.25) is 0 Å². The number of amides is 2. The number of rotatable bonds is 7. The second-order valence-electron chi connectivity index (χ2n) is 8.18. The maximum atomic E-state index is 13.5. The van der Waals surface area contributed by atoms with Crippen LogP contribution in [-0.2, 0) is 17.9 Å². The zero-order valence-electron chi connectivity index (χ0n) is 19.8. The first kappa shape index (κ1) is 23.4. The molecule has 0 bridgehead atoms. The maximum absolute atomic E-state index is 13.5. The number of hydrogen-bond donors (Lipinski definition) is 0. The zero-order valence-corrected chi connectivity index (χ0v) is 20.6. The van der Waals surface area contributed by atoms with Gasteiger partial charge in [0.05, 0.1) is 30.1 Å². The fourth-order valence-corrected chi connectivity index (χ4v) is 4.62. The predicted octanol–water partition coefficient (Wildman–Crippen LogP) is 5.16. The molecule has 0 saturated carbocycles. The van der Waals surface area contributed by atoms with Gasteiger partial charge in [0.1, 0.15) is 6.61 Å². The van der Waals surface area contributed by atoms with Crippen molar-refractivity contribution in [2.75, 3.05) is 7.11 Å². The Morgan fingerprint density at radius 3 is 2.47 bits per heavy atom. The summed E-state index contributed by atoms with van der Waals surface area (Å²) < 4.78 is 11.5. The molecule has 0 N–H and O–H groups in total. The molecule has 0 atom stereocenters. The monoisotopic (exact) mass is 497 g/mol.